The van der Waals surface area contributed by atoms with Gasteiger partial charge < -0.3 is 15.4 Å². The van der Waals surface area contributed by atoms with Crippen LogP contribution in [0.4, 0.5) is 5.69 Å². The Morgan fingerprint density at radius 2 is 2.10 bits per heavy atom. The Bertz CT molecular complexity index is 537. The second kappa shape index (κ2) is 7.80. The number of likely N-dealkylation sites (N-methyl/N-ethyl adjacent to an activating group) is 1. The third kappa shape index (κ3) is 5.26. The number of hydrogen-bond donors (Lipinski definition) is 2. The summed E-state index contributed by atoms with van der Waals surface area (Å²) in [7, 11) is -0.136. The van der Waals surface area contributed by atoms with Crippen molar-refractivity contribution in [2.45, 2.75) is 4.90 Å². The van der Waals surface area contributed by atoms with Gasteiger partial charge in [0.25, 0.3) is 0 Å². The number of nitrogens with zero attached hydrogens (tertiary/aromatic N) is 1. The number of anilines is 1. The zero-order valence-electron chi connectivity index (χ0n) is 11.6. The molecule has 0 fully saturated rings. The van der Waals surface area contributed by atoms with Crippen molar-refractivity contribution in [1.29, 1.82) is 0 Å². The van der Waals surface area contributed by atoms with Gasteiger partial charge in [0.1, 0.15) is 4.90 Å². The Kier molecular flexibility index (Phi) is 6.70. The molecule has 0 aromatic heterocycles. The fraction of sp³-hybridized carbons (Fsp3) is 0.500. The molecule has 3 N–H and O–H groups in total. The van der Waals surface area contributed by atoms with Crippen molar-refractivity contribution in [3.8, 4) is 0 Å². The first-order valence-electron chi connectivity index (χ1n) is 6.09. The highest BCUT2D eigenvalue weighted by Crippen LogP contribution is 2.23. The van der Waals surface area contributed by atoms with Gasteiger partial charge in [-0.2, -0.15) is 0 Å². The number of hydrogen-bond acceptors (Lipinski definition) is 5. The van der Waals surface area contributed by atoms with E-state index >= 15 is 0 Å². The van der Waals surface area contributed by atoms with Crippen LogP contribution in [0.3, 0.4) is 0 Å². The van der Waals surface area contributed by atoms with Crippen LogP contribution < -0.4 is 10.5 Å². The van der Waals surface area contributed by atoms with Crippen molar-refractivity contribution in [2.75, 3.05) is 46.1 Å². The largest absolute Gasteiger partial charge is 0.399 e. The lowest BCUT2D eigenvalue weighted by Gasteiger charge is -2.16. The maximum atomic E-state index is 12.1. The minimum absolute atomic E-state index is 0.00119. The zero-order chi connectivity index (χ0) is 15.2. The Labute approximate surface area is 124 Å². The molecule has 0 heterocycles. The van der Waals surface area contributed by atoms with Crippen molar-refractivity contribution >= 4 is 27.3 Å². The number of benzene rings is 1. The number of ether oxygens (including phenoxy) is 1. The van der Waals surface area contributed by atoms with E-state index in [1.54, 1.807) is 13.2 Å². The third-order valence-electron chi connectivity index (χ3n) is 2.71. The molecular weight excluding hydrogens is 302 g/mol. The molecule has 6 nitrogen and oxygen atoms in total. The van der Waals surface area contributed by atoms with Gasteiger partial charge >= 0.3 is 0 Å². The van der Waals surface area contributed by atoms with E-state index in [0.29, 0.717) is 18.8 Å². The van der Waals surface area contributed by atoms with E-state index in [1.165, 1.54) is 12.1 Å². The van der Waals surface area contributed by atoms with Gasteiger partial charge in [-0.15, -0.1) is 0 Å². The van der Waals surface area contributed by atoms with Gasteiger partial charge in [0.15, 0.2) is 0 Å². The summed E-state index contributed by atoms with van der Waals surface area (Å²) >= 11 is 5.89. The predicted molar refractivity (Wildman–Crippen MR) is 80.4 cm³/mol. The van der Waals surface area contributed by atoms with E-state index in [0.717, 1.165) is 6.54 Å². The minimum atomic E-state index is -3.65. The highest BCUT2D eigenvalue weighted by Gasteiger charge is 2.17. The van der Waals surface area contributed by atoms with Crippen LogP contribution in [0.15, 0.2) is 23.1 Å². The smallest absolute Gasteiger partial charge is 0.242 e. The molecule has 1 rings (SSSR count). The lowest BCUT2D eigenvalue weighted by Crippen LogP contribution is -2.34. The lowest BCUT2D eigenvalue weighted by molar-refractivity contribution is 0.162. The van der Waals surface area contributed by atoms with Crippen molar-refractivity contribution in [1.82, 2.24) is 9.62 Å². The average Bonchev–Trinajstić information content (AvgIpc) is 2.38. The number of rotatable bonds is 8. The summed E-state index contributed by atoms with van der Waals surface area (Å²) in [6, 6.07) is 4.37. The zero-order valence-corrected chi connectivity index (χ0v) is 13.2. The van der Waals surface area contributed by atoms with E-state index in [-0.39, 0.29) is 16.5 Å². The molecule has 1 aromatic carbocycles. The van der Waals surface area contributed by atoms with Gasteiger partial charge in [-0.05, 0) is 25.2 Å². The normalized spacial score (nSPS) is 12.0. The molecule has 0 aliphatic carbocycles. The molecule has 0 atom stereocenters. The summed E-state index contributed by atoms with van der Waals surface area (Å²) in [6.07, 6.45) is 0. The lowest BCUT2D eigenvalue weighted by atomic mass is 10.3. The number of sulfonamides is 1. The summed E-state index contributed by atoms with van der Waals surface area (Å²) in [6.45, 7) is 2.19. The van der Waals surface area contributed by atoms with Crippen LogP contribution in [-0.2, 0) is 14.8 Å². The van der Waals surface area contributed by atoms with E-state index in [1.807, 2.05) is 11.9 Å². The Morgan fingerprint density at radius 1 is 1.40 bits per heavy atom. The second-order valence-electron chi connectivity index (χ2n) is 4.38. The van der Waals surface area contributed by atoms with Crippen molar-refractivity contribution in [3.05, 3.63) is 23.2 Å². The molecule has 0 saturated heterocycles. The first-order valence-corrected chi connectivity index (χ1v) is 7.95. The fourth-order valence-corrected chi connectivity index (χ4v) is 3.09. The van der Waals surface area contributed by atoms with E-state index < -0.39 is 10.0 Å². The highest BCUT2D eigenvalue weighted by molar-refractivity contribution is 7.89. The first-order chi connectivity index (χ1) is 9.36. The SMILES string of the molecule is COCCN(C)CCNS(=O)(=O)c1cc(N)ccc1Cl. The molecule has 8 heteroatoms. The molecule has 0 amide bonds. The van der Waals surface area contributed by atoms with Gasteiger partial charge in [-0.25, -0.2) is 13.1 Å². The third-order valence-corrected chi connectivity index (χ3v) is 4.65. The van der Waals surface area contributed by atoms with Crippen molar-refractivity contribution in [2.24, 2.45) is 0 Å². The summed E-state index contributed by atoms with van der Waals surface area (Å²) in [5, 5.41) is 0.152. The van der Waals surface area contributed by atoms with Crippen LogP contribution in [0.2, 0.25) is 5.02 Å². The van der Waals surface area contributed by atoms with Crippen molar-refractivity contribution in [3.63, 3.8) is 0 Å². The molecule has 1 aromatic rings. The van der Waals surface area contributed by atoms with Crippen LogP contribution >= 0.6 is 11.6 Å². The molecular formula is C12H20ClN3O3S. The standard InChI is InChI=1S/C12H20ClN3O3S/c1-16(7-8-19-2)6-5-15-20(17,18)12-9-10(14)3-4-11(12)13/h3-4,9,15H,5-8,14H2,1-2H3. The molecule has 114 valence electrons. The molecule has 0 unspecified atom stereocenters. The number of methoxy groups -OCH3 is 1. The highest BCUT2D eigenvalue weighted by atomic mass is 35.5. The minimum Gasteiger partial charge on any atom is -0.399 e. The van der Waals surface area contributed by atoms with Crippen LogP contribution in [-0.4, -0.2) is 53.7 Å². The molecule has 0 spiro atoms. The van der Waals surface area contributed by atoms with Crippen LogP contribution in [0.1, 0.15) is 0 Å². The molecule has 20 heavy (non-hydrogen) atoms. The monoisotopic (exact) mass is 321 g/mol. The number of nitrogens with one attached hydrogen (secondary N) is 1. The summed E-state index contributed by atoms with van der Waals surface area (Å²) in [4.78, 5) is 1.96. The van der Waals surface area contributed by atoms with E-state index in [9.17, 15) is 8.42 Å². The Hall–Kier alpha value is -0.860. The van der Waals surface area contributed by atoms with Gasteiger partial charge in [0.05, 0.1) is 11.6 Å². The van der Waals surface area contributed by atoms with Gasteiger partial charge in [-0.1, -0.05) is 11.6 Å². The molecule has 0 bridgehead atoms. The molecule has 0 saturated carbocycles. The van der Waals surface area contributed by atoms with Gasteiger partial charge in [-0.3, -0.25) is 0 Å². The molecule has 0 aliphatic rings. The van der Waals surface area contributed by atoms with Crippen LogP contribution in [0.25, 0.3) is 0 Å². The maximum absolute atomic E-state index is 12.1. The second-order valence-corrected chi connectivity index (χ2v) is 6.53. The van der Waals surface area contributed by atoms with E-state index in [2.05, 4.69) is 4.72 Å². The van der Waals surface area contributed by atoms with Crippen molar-refractivity contribution < 1.29 is 13.2 Å². The first kappa shape index (κ1) is 17.2. The topological polar surface area (TPSA) is 84.7 Å². The molecule has 0 aliphatic heterocycles. The quantitative estimate of drug-likeness (QED) is 0.691. The fourth-order valence-electron chi connectivity index (χ4n) is 1.53. The van der Waals surface area contributed by atoms with Crippen LogP contribution in [0.5, 0.6) is 0 Å². The Morgan fingerprint density at radius 3 is 2.75 bits per heavy atom. The summed E-state index contributed by atoms with van der Waals surface area (Å²) in [5.74, 6) is 0. The number of halogens is 1. The maximum Gasteiger partial charge on any atom is 0.242 e. The average molecular weight is 322 g/mol. The van der Waals surface area contributed by atoms with Gasteiger partial charge in [0, 0.05) is 32.4 Å². The summed E-state index contributed by atoms with van der Waals surface area (Å²) in [5.41, 5.74) is 5.94. The molecule has 0 radical (unpaired) electrons. The van der Waals surface area contributed by atoms with Crippen LogP contribution in [0, 0.1) is 0 Å². The Balaban J connectivity index is 2.60. The van der Waals surface area contributed by atoms with Gasteiger partial charge in [0.2, 0.25) is 10.0 Å². The predicted octanol–water partition coefficient (Wildman–Crippen LogP) is 0.779. The van der Waals surface area contributed by atoms with E-state index in [4.69, 9.17) is 22.1 Å². The number of nitrogens with two attached hydrogens (primary N) is 1. The summed E-state index contributed by atoms with van der Waals surface area (Å²) < 4.78 is 31.7. The number of nitrogen functional groups attached to an aromatic ring is 1.